The van der Waals surface area contributed by atoms with Gasteiger partial charge < -0.3 is 10.2 Å². The predicted molar refractivity (Wildman–Crippen MR) is 84.0 cm³/mol. The molecule has 1 aromatic rings. The Morgan fingerprint density at radius 1 is 1.42 bits per heavy atom. The van der Waals surface area contributed by atoms with Gasteiger partial charge in [0.25, 0.3) is 0 Å². The van der Waals surface area contributed by atoms with Gasteiger partial charge in [-0.15, -0.1) is 0 Å². The molecule has 0 aliphatic carbocycles. The maximum Gasteiger partial charge on any atom is 0.0471 e. The molecule has 0 radical (unpaired) electrons. The smallest absolute Gasteiger partial charge is 0.0471 e. The van der Waals surface area contributed by atoms with E-state index in [1.54, 1.807) is 0 Å². The van der Waals surface area contributed by atoms with E-state index in [0.717, 1.165) is 37.1 Å². The minimum absolute atomic E-state index is 0.670. The molecule has 0 spiro atoms. The molecule has 1 N–H and O–H groups in total. The highest BCUT2D eigenvalue weighted by Crippen LogP contribution is 2.28. The Kier molecular flexibility index (Phi) is 5.12. The quantitative estimate of drug-likeness (QED) is 0.879. The van der Waals surface area contributed by atoms with Gasteiger partial charge in [-0.25, -0.2) is 0 Å². The molecule has 19 heavy (non-hydrogen) atoms. The Morgan fingerprint density at radius 2 is 2.21 bits per heavy atom. The van der Waals surface area contributed by atoms with Crippen LogP contribution in [0.15, 0.2) is 18.2 Å². The fourth-order valence-corrected chi connectivity index (χ4v) is 2.78. The topological polar surface area (TPSA) is 15.3 Å². The predicted octanol–water partition coefficient (Wildman–Crippen LogP) is 3.93. The van der Waals surface area contributed by atoms with Gasteiger partial charge in [-0.05, 0) is 42.5 Å². The molecular formula is C16H25ClN2. The first-order valence-electron chi connectivity index (χ1n) is 7.30. The van der Waals surface area contributed by atoms with Gasteiger partial charge in [0.05, 0.1) is 0 Å². The van der Waals surface area contributed by atoms with Crippen LogP contribution >= 0.6 is 11.6 Å². The third-order valence-electron chi connectivity index (χ3n) is 3.69. The molecular weight excluding hydrogens is 256 g/mol. The maximum absolute atomic E-state index is 6.39. The molecule has 0 bridgehead atoms. The van der Waals surface area contributed by atoms with Crippen LogP contribution in [0.1, 0.15) is 32.8 Å². The maximum atomic E-state index is 6.39. The van der Waals surface area contributed by atoms with Crippen LogP contribution in [0.5, 0.6) is 0 Å². The lowest BCUT2D eigenvalue weighted by Crippen LogP contribution is -2.20. The molecule has 0 aromatic heterocycles. The van der Waals surface area contributed by atoms with Crippen LogP contribution in [-0.4, -0.2) is 19.6 Å². The van der Waals surface area contributed by atoms with Crippen LogP contribution in [0, 0.1) is 11.8 Å². The van der Waals surface area contributed by atoms with E-state index in [-0.39, 0.29) is 0 Å². The Morgan fingerprint density at radius 3 is 2.79 bits per heavy atom. The summed E-state index contributed by atoms with van der Waals surface area (Å²) < 4.78 is 0. The van der Waals surface area contributed by atoms with Crippen molar-refractivity contribution in [3.63, 3.8) is 0 Å². The molecule has 3 heteroatoms. The minimum atomic E-state index is 0.670. The molecule has 106 valence electrons. The second-order valence-corrected chi connectivity index (χ2v) is 6.55. The van der Waals surface area contributed by atoms with Crippen LogP contribution in [0.2, 0.25) is 5.02 Å². The van der Waals surface area contributed by atoms with Crippen LogP contribution in [0.25, 0.3) is 0 Å². The lowest BCUT2D eigenvalue weighted by Gasteiger charge is -2.19. The van der Waals surface area contributed by atoms with E-state index in [0.29, 0.717) is 5.92 Å². The Labute approximate surface area is 122 Å². The van der Waals surface area contributed by atoms with Crippen molar-refractivity contribution in [2.75, 3.05) is 24.5 Å². The average Bonchev–Trinajstić information content (AvgIpc) is 2.77. The molecule has 1 unspecified atom stereocenters. The molecule has 1 heterocycles. The number of halogens is 1. The van der Waals surface area contributed by atoms with Crippen LogP contribution < -0.4 is 10.2 Å². The van der Waals surface area contributed by atoms with Crippen molar-refractivity contribution in [2.24, 2.45) is 11.8 Å². The molecule has 1 saturated heterocycles. The third-order valence-corrected chi connectivity index (χ3v) is 4.05. The number of hydrogen-bond acceptors (Lipinski definition) is 2. The van der Waals surface area contributed by atoms with Gasteiger partial charge in [0.2, 0.25) is 0 Å². The van der Waals surface area contributed by atoms with Gasteiger partial charge in [0.1, 0.15) is 0 Å². The number of hydrogen-bond donors (Lipinski definition) is 1. The molecule has 1 aromatic carbocycles. The zero-order chi connectivity index (χ0) is 13.8. The largest absolute Gasteiger partial charge is 0.371 e. The lowest BCUT2D eigenvalue weighted by atomic mass is 10.1. The van der Waals surface area contributed by atoms with Crippen LogP contribution in [-0.2, 0) is 6.54 Å². The van der Waals surface area contributed by atoms with Crippen molar-refractivity contribution in [2.45, 2.75) is 33.7 Å². The van der Waals surface area contributed by atoms with Crippen molar-refractivity contribution in [1.82, 2.24) is 5.32 Å². The molecule has 1 atom stereocenters. The van der Waals surface area contributed by atoms with Gasteiger partial charge in [-0.3, -0.25) is 0 Å². The SMILES string of the molecule is CC(C)CNCc1ccc(N2CCC(C)C2)cc1Cl. The first-order chi connectivity index (χ1) is 9.06. The lowest BCUT2D eigenvalue weighted by molar-refractivity contribution is 0.552. The monoisotopic (exact) mass is 280 g/mol. The molecule has 2 rings (SSSR count). The molecule has 1 aliphatic heterocycles. The van der Waals surface area contributed by atoms with Crippen molar-refractivity contribution in [1.29, 1.82) is 0 Å². The van der Waals surface area contributed by atoms with Gasteiger partial charge in [-0.1, -0.05) is 38.4 Å². The molecule has 1 aliphatic rings. The van der Waals surface area contributed by atoms with Crippen LogP contribution in [0.4, 0.5) is 5.69 Å². The van der Waals surface area contributed by atoms with E-state index in [4.69, 9.17) is 11.6 Å². The second kappa shape index (κ2) is 6.62. The zero-order valence-electron chi connectivity index (χ0n) is 12.2. The fraction of sp³-hybridized carbons (Fsp3) is 0.625. The highest BCUT2D eigenvalue weighted by atomic mass is 35.5. The summed E-state index contributed by atoms with van der Waals surface area (Å²) in [5.74, 6) is 1.47. The van der Waals surface area contributed by atoms with Crippen molar-refractivity contribution < 1.29 is 0 Å². The Bertz CT molecular complexity index is 417. The van der Waals surface area contributed by atoms with Gasteiger partial charge >= 0.3 is 0 Å². The number of rotatable bonds is 5. The first kappa shape index (κ1) is 14.7. The van der Waals surface area contributed by atoms with Crippen LogP contribution in [0.3, 0.4) is 0 Å². The summed E-state index contributed by atoms with van der Waals surface area (Å²) in [6.45, 7) is 10.9. The highest BCUT2D eigenvalue weighted by Gasteiger charge is 2.19. The normalized spacial score (nSPS) is 19.4. The second-order valence-electron chi connectivity index (χ2n) is 6.14. The first-order valence-corrected chi connectivity index (χ1v) is 7.68. The molecule has 0 saturated carbocycles. The van der Waals surface area contributed by atoms with E-state index >= 15 is 0 Å². The van der Waals surface area contributed by atoms with Gasteiger partial charge in [-0.2, -0.15) is 0 Å². The summed E-state index contributed by atoms with van der Waals surface area (Å²) in [5.41, 5.74) is 2.46. The number of nitrogens with one attached hydrogen (secondary N) is 1. The average molecular weight is 281 g/mol. The minimum Gasteiger partial charge on any atom is -0.371 e. The van der Waals surface area contributed by atoms with E-state index in [1.807, 2.05) is 0 Å². The Hall–Kier alpha value is -0.730. The highest BCUT2D eigenvalue weighted by molar-refractivity contribution is 6.31. The summed E-state index contributed by atoms with van der Waals surface area (Å²) in [6.07, 6.45) is 1.29. The third kappa shape index (κ3) is 4.12. The summed E-state index contributed by atoms with van der Waals surface area (Å²) in [7, 11) is 0. The standard InChI is InChI=1S/C16H25ClN2/c1-12(2)9-18-10-14-4-5-15(8-16(14)17)19-7-6-13(3)11-19/h4-5,8,12-13,18H,6-7,9-11H2,1-3H3. The van der Waals surface area contributed by atoms with E-state index in [2.05, 4.69) is 49.2 Å². The summed E-state index contributed by atoms with van der Waals surface area (Å²) in [5, 5.41) is 4.32. The van der Waals surface area contributed by atoms with Gasteiger partial charge in [0, 0.05) is 30.3 Å². The Balaban J connectivity index is 1.97. The van der Waals surface area contributed by atoms with Crippen molar-refractivity contribution in [3.8, 4) is 0 Å². The van der Waals surface area contributed by atoms with Gasteiger partial charge in [0.15, 0.2) is 0 Å². The summed E-state index contributed by atoms with van der Waals surface area (Å²) in [6, 6.07) is 6.48. The summed E-state index contributed by atoms with van der Waals surface area (Å²) >= 11 is 6.39. The van der Waals surface area contributed by atoms with Crippen molar-refractivity contribution in [3.05, 3.63) is 28.8 Å². The number of nitrogens with zero attached hydrogens (tertiary/aromatic N) is 1. The zero-order valence-corrected chi connectivity index (χ0v) is 13.0. The molecule has 0 amide bonds. The van der Waals surface area contributed by atoms with E-state index < -0.39 is 0 Å². The van der Waals surface area contributed by atoms with E-state index in [1.165, 1.54) is 17.7 Å². The molecule has 1 fully saturated rings. The van der Waals surface area contributed by atoms with Crippen molar-refractivity contribution >= 4 is 17.3 Å². The fourth-order valence-electron chi connectivity index (χ4n) is 2.54. The number of benzene rings is 1. The van der Waals surface area contributed by atoms with E-state index in [9.17, 15) is 0 Å². The summed E-state index contributed by atoms with van der Waals surface area (Å²) in [4.78, 5) is 2.43. The molecule has 2 nitrogen and oxygen atoms in total. The number of anilines is 1.